The van der Waals surface area contributed by atoms with E-state index in [1.54, 1.807) is 0 Å². The van der Waals surface area contributed by atoms with Crippen molar-refractivity contribution in [2.45, 2.75) is 44.6 Å². The second-order valence-electron chi connectivity index (χ2n) is 7.66. The van der Waals surface area contributed by atoms with E-state index in [0.717, 1.165) is 25.7 Å². The molecule has 0 bridgehead atoms. The highest BCUT2D eigenvalue weighted by Gasteiger charge is 2.32. The van der Waals surface area contributed by atoms with Gasteiger partial charge in [-0.25, -0.2) is 4.79 Å². The van der Waals surface area contributed by atoms with E-state index in [4.69, 9.17) is 4.74 Å². The van der Waals surface area contributed by atoms with E-state index >= 15 is 0 Å². The second kappa shape index (κ2) is 8.03. The molecule has 0 amide bonds. The number of hydrogen-bond donors (Lipinski definition) is 0. The third kappa shape index (κ3) is 3.86. The van der Waals surface area contributed by atoms with E-state index in [0.29, 0.717) is 5.56 Å². The smallest absolute Gasteiger partial charge is 0.338 e. The van der Waals surface area contributed by atoms with Crippen molar-refractivity contribution in [2.24, 2.45) is 0 Å². The van der Waals surface area contributed by atoms with Crippen LogP contribution in [0.1, 0.15) is 53.1 Å². The van der Waals surface area contributed by atoms with Gasteiger partial charge in [0.2, 0.25) is 0 Å². The van der Waals surface area contributed by atoms with Crippen LogP contribution in [-0.4, -0.2) is 17.0 Å². The number of rotatable bonds is 4. The number of non-ortho nitro benzene ring substituents is 1. The van der Waals surface area contributed by atoms with E-state index in [1.165, 1.54) is 46.2 Å². The molecule has 1 aliphatic rings. The highest BCUT2D eigenvalue weighted by Crippen LogP contribution is 2.40. The first-order valence-corrected chi connectivity index (χ1v) is 9.98. The van der Waals surface area contributed by atoms with Gasteiger partial charge in [-0.1, -0.05) is 42.8 Å². The topological polar surface area (TPSA) is 69.4 Å². The van der Waals surface area contributed by atoms with E-state index in [2.05, 4.69) is 31.2 Å². The Morgan fingerprint density at radius 2 is 1.72 bits per heavy atom. The lowest BCUT2D eigenvalue weighted by atomic mass is 9.78. The molecule has 5 nitrogen and oxygen atoms in total. The van der Waals surface area contributed by atoms with Gasteiger partial charge in [0.15, 0.2) is 0 Å². The highest BCUT2D eigenvalue weighted by atomic mass is 16.6. The number of aryl methyl sites for hydroxylation is 1. The van der Waals surface area contributed by atoms with Crippen molar-refractivity contribution in [3.8, 4) is 0 Å². The standard InChI is InChI=1S/C24H23NO4/c1-16-10-11-17-6-2-3-7-20(17)23(16)21-8-4-5-9-22(21)29-24(26)18-12-14-19(15-13-18)25(27)28/h2-3,6-7,10-15,21-22H,4-5,8-9H2,1H3/t21-,22+/m1/s1. The Hall–Kier alpha value is -3.21. The average Bonchev–Trinajstić information content (AvgIpc) is 2.74. The maximum atomic E-state index is 12.7. The molecule has 0 aromatic heterocycles. The number of hydrogen-bond acceptors (Lipinski definition) is 4. The van der Waals surface area contributed by atoms with Crippen LogP contribution in [0.3, 0.4) is 0 Å². The highest BCUT2D eigenvalue weighted by molar-refractivity contribution is 5.90. The quantitative estimate of drug-likeness (QED) is 0.314. The molecule has 0 unspecified atom stereocenters. The van der Waals surface area contributed by atoms with Crippen molar-refractivity contribution in [3.05, 3.63) is 87.5 Å². The molecule has 4 rings (SSSR count). The van der Waals surface area contributed by atoms with Gasteiger partial charge in [-0.05, 0) is 60.2 Å². The summed E-state index contributed by atoms with van der Waals surface area (Å²) in [6.45, 7) is 2.12. The third-order valence-corrected chi connectivity index (χ3v) is 5.83. The van der Waals surface area contributed by atoms with Gasteiger partial charge in [0, 0.05) is 18.1 Å². The van der Waals surface area contributed by atoms with Crippen molar-refractivity contribution in [1.29, 1.82) is 0 Å². The summed E-state index contributed by atoms with van der Waals surface area (Å²) in [6.07, 6.45) is 3.74. The van der Waals surface area contributed by atoms with Gasteiger partial charge in [0.1, 0.15) is 6.10 Å². The Labute approximate surface area is 169 Å². The van der Waals surface area contributed by atoms with Gasteiger partial charge < -0.3 is 4.74 Å². The van der Waals surface area contributed by atoms with E-state index in [9.17, 15) is 14.9 Å². The number of benzene rings is 3. The monoisotopic (exact) mass is 389 g/mol. The van der Waals surface area contributed by atoms with Crippen molar-refractivity contribution in [1.82, 2.24) is 0 Å². The number of fused-ring (bicyclic) bond motifs is 1. The summed E-state index contributed by atoms with van der Waals surface area (Å²) in [6, 6.07) is 18.2. The number of nitrogens with zero attached hydrogens (tertiary/aromatic N) is 1. The molecule has 0 saturated heterocycles. The molecule has 148 valence electrons. The van der Waals surface area contributed by atoms with Gasteiger partial charge in [-0.15, -0.1) is 0 Å². The van der Waals surface area contributed by atoms with E-state index < -0.39 is 10.9 Å². The predicted octanol–water partition coefficient (Wildman–Crippen LogP) is 5.94. The summed E-state index contributed by atoms with van der Waals surface area (Å²) < 4.78 is 5.94. The lowest BCUT2D eigenvalue weighted by Gasteiger charge is -2.33. The zero-order chi connectivity index (χ0) is 20.4. The molecule has 1 saturated carbocycles. The molecule has 0 radical (unpaired) electrons. The number of carbonyl (C=O) groups excluding carboxylic acids is 1. The number of ether oxygens (including phenoxy) is 1. The number of nitro groups is 1. The summed E-state index contributed by atoms with van der Waals surface area (Å²) in [5.74, 6) is -0.272. The largest absolute Gasteiger partial charge is 0.458 e. The van der Waals surface area contributed by atoms with Gasteiger partial charge in [-0.3, -0.25) is 10.1 Å². The predicted molar refractivity (Wildman–Crippen MR) is 112 cm³/mol. The fourth-order valence-corrected chi connectivity index (χ4v) is 4.39. The summed E-state index contributed by atoms with van der Waals surface area (Å²) in [7, 11) is 0. The first-order chi connectivity index (χ1) is 14.0. The number of carbonyl (C=O) groups is 1. The Morgan fingerprint density at radius 3 is 2.48 bits per heavy atom. The molecule has 5 heteroatoms. The first-order valence-electron chi connectivity index (χ1n) is 9.98. The van der Waals surface area contributed by atoms with E-state index in [-0.39, 0.29) is 17.7 Å². The number of esters is 1. The Kier molecular flexibility index (Phi) is 5.30. The first kappa shape index (κ1) is 19.1. The molecule has 3 aromatic rings. The number of nitro benzene ring substituents is 1. The SMILES string of the molecule is Cc1ccc2ccccc2c1[C@@H]1CCCC[C@@H]1OC(=O)c1ccc([N+](=O)[O-])cc1. The van der Waals surface area contributed by atoms with Crippen LogP contribution in [0.25, 0.3) is 10.8 Å². The molecular formula is C24H23NO4. The van der Waals surface area contributed by atoms with Crippen LogP contribution in [0.2, 0.25) is 0 Å². The Bertz CT molecular complexity index is 1060. The minimum absolute atomic E-state index is 0.0385. The zero-order valence-electron chi connectivity index (χ0n) is 16.3. The van der Waals surface area contributed by atoms with Crippen LogP contribution < -0.4 is 0 Å². The van der Waals surface area contributed by atoms with Gasteiger partial charge in [0.25, 0.3) is 5.69 Å². The summed E-state index contributed by atoms with van der Waals surface area (Å²) in [5, 5.41) is 13.2. The minimum atomic E-state index is -0.477. The molecule has 0 N–H and O–H groups in total. The molecule has 0 heterocycles. The summed E-state index contributed by atoms with van der Waals surface area (Å²) in [4.78, 5) is 23.1. The molecule has 2 atom stereocenters. The molecular weight excluding hydrogens is 366 g/mol. The van der Waals surface area contributed by atoms with Crippen LogP contribution in [0.15, 0.2) is 60.7 Å². The molecule has 0 aliphatic heterocycles. The lowest BCUT2D eigenvalue weighted by Crippen LogP contribution is -2.29. The van der Waals surface area contributed by atoms with E-state index in [1.807, 2.05) is 12.1 Å². The fraction of sp³-hybridized carbons (Fsp3) is 0.292. The Balaban J connectivity index is 1.62. The van der Waals surface area contributed by atoms with Crippen LogP contribution in [0, 0.1) is 17.0 Å². The fourth-order valence-electron chi connectivity index (χ4n) is 4.39. The minimum Gasteiger partial charge on any atom is -0.458 e. The second-order valence-corrected chi connectivity index (χ2v) is 7.66. The van der Waals surface area contributed by atoms with Crippen LogP contribution in [0.4, 0.5) is 5.69 Å². The van der Waals surface area contributed by atoms with Crippen molar-refractivity contribution < 1.29 is 14.5 Å². The van der Waals surface area contributed by atoms with Crippen LogP contribution in [0.5, 0.6) is 0 Å². The van der Waals surface area contributed by atoms with Crippen molar-refractivity contribution >= 4 is 22.4 Å². The van der Waals surface area contributed by atoms with Crippen LogP contribution in [-0.2, 0) is 4.74 Å². The molecule has 0 spiro atoms. The van der Waals surface area contributed by atoms with Crippen molar-refractivity contribution in [3.63, 3.8) is 0 Å². The van der Waals surface area contributed by atoms with Gasteiger partial charge in [-0.2, -0.15) is 0 Å². The third-order valence-electron chi connectivity index (χ3n) is 5.83. The molecule has 1 fully saturated rings. The molecule has 29 heavy (non-hydrogen) atoms. The maximum absolute atomic E-state index is 12.7. The van der Waals surface area contributed by atoms with Crippen LogP contribution >= 0.6 is 0 Å². The lowest BCUT2D eigenvalue weighted by molar-refractivity contribution is -0.384. The Morgan fingerprint density at radius 1 is 1.00 bits per heavy atom. The molecule has 1 aliphatic carbocycles. The summed E-state index contributed by atoms with van der Waals surface area (Å²) >= 11 is 0. The average molecular weight is 389 g/mol. The van der Waals surface area contributed by atoms with Crippen molar-refractivity contribution in [2.75, 3.05) is 0 Å². The van der Waals surface area contributed by atoms with Gasteiger partial charge >= 0.3 is 5.97 Å². The molecule has 3 aromatic carbocycles. The maximum Gasteiger partial charge on any atom is 0.338 e. The normalized spacial score (nSPS) is 19.1. The van der Waals surface area contributed by atoms with Gasteiger partial charge in [0.05, 0.1) is 10.5 Å². The zero-order valence-corrected chi connectivity index (χ0v) is 16.3. The summed E-state index contributed by atoms with van der Waals surface area (Å²) in [5.41, 5.74) is 2.79.